The van der Waals surface area contributed by atoms with Crippen molar-refractivity contribution in [2.75, 3.05) is 61.7 Å². The Balaban J connectivity index is 0.000000269. The van der Waals surface area contributed by atoms with Gasteiger partial charge in [-0.15, -0.1) is 0 Å². The first-order valence-electron chi connectivity index (χ1n) is 28.3. The van der Waals surface area contributed by atoms with Gasteiger partial charge in [-0.2, -0.15) is 0 Å². The van der Waals surface area contributed by atoms with Crippen LogP contribution in [0.25, 0.3) is 33.4 Å². The van der Waals surface area contributed by atoms with Gasteiger partial charge in [-0.25, -0.2) is 14.4 Å². The molecular weight excluding hydrogens is 1480 g/mol. The van der Waals surface area contributed by atoms with E-state index >= 15 is 0 Å². The molecule has 6 aromatic heterocycles. The number of ether oxygens (including phenoxy) is 7. The number of hydrogen-bond acceptors (Lipinski definition) is 27. The molecule has 5 N–H and O–H groups in total. The van der Waals surface area contributed by atoms with E-state index in [1.54, 1.807) is 123 Å². The van der Waals surface area contributed by atoms with E-state index < -0.39 is 79.3 Å². The first-order valence-corrected chi connectivity index (χ1v) is 30.7. The topological polar surface area (TPSA) is 451 Å². The number of nitrogen functional groups attached to an aromatic ring is 1. The summed E-state index contributed by atoms with van der Waals surface area (Å²) in [5.74, 6) is -0.0803. The number of pyridine rings is 4. The highest BCUT2D eigenvalue weighted by Crippen LogP contribution is 2.35. The largest absolute Gasteiger partial charge is 0.526 e. The van der Waals surface area contributed by atoms with Crippen molar-refractivity contribution in [2.24, 2.45) is 0 Å². The van der Waals surface area contributed by atoms with Gasteiger partial charge >= 0.3 is 48.7 Å². The molecule has 0 unspecified atom stereocenters. The average molecular weight is 1550 g/mol. The Bertz CT molecular complexity index is 4090. The molecule has 8 aromatic rings. The standard InChI is InChI=1S/C22H25N3O7.C11H13BO5.C11H14BrN3O4.C10H12BrN3O4.C5H4BrN3O2/c1-6-29-13-30-15-7-10-18-14(11-15)12-19(31-18)16-8-9-17(20(23-16)25(27)28)24(5)21(26)32-22(2,3)4;1-2-15-7-16-9-3-4-10-8(5-9)6-11(17-10)12(13)14;1-11(2,3)19-10(16)14(4)7-5-6-8(12)13-9(7)15(17)18;1-10(2,3)18-9(15)12-6-4-5-7(11)13-8(6)14(16)17;6-4-2-1-3(7)5(8-4)9(10)11/h7-12H,6,13H2,1-5H3;3-6,13-14H,2,7H2,1H3;5-6H,1-4H3;4-5H,1-3H3,(H,12,15);1-2H,7H2. The molecule has 0 aliphatic carbocycles. The highest BCUT2D eigenvalue weighted by Gasteiger charge is 2.31. The Hall–Kier alpha value is -9.73. The van der Waals surface area contributed by atoms with Crippen LogP contribution >= 0.6 is 47.8 Å². The summed E-state index contributed by atoms with van der Waals surface area (Å²) < 4.78 is 48.6. The number of benzene rings is 2. The Kier molecular flexibility index (Phi) is 29.5. The van der Waals surface area contributed by atoms with E-state index in [1.807, 2.05) is 13.8 Å². The molecule has 0 saturated heterocycles. The Labute approximate surface area is 578 Å². The highest BCUT2D eigenvalue weighted by molar-refractivity contribution is 9.11. The molecule has 97 heavy (non-hydrogen) atoms. The lowest BCUT2D eigenvalue weighted by molar-refractivity contribution is -0.388. The molecule has 520 valence electrons. The Morgan fingerprint density at radius 2 is 0.969 bits per heavy atom. The van der Waals surface area contributed by atoms with Crippen LogP contribution in [0.4, 0.5) is 60.4 Å². The summed E-state index contributed by atoms with van der Waals surface area (Å²) in [6, 6.07) is 25.5. The number of carbonyl (C=O) groups excluding carboxylic acids is 3. The molecule has 3 amide bonds. The number of anilines is 4. The molecule has 0 atom stereocenters. The number of fused-ring (bicyclic) bond motifs is 2. The van der Waals surface area contributed by atoms with Gasteiger partial charge in [0.2, 0.25) is 19.5 Å². The number of amides is 3. The van der Waals surface area contributed by atoms with Gasteiger partial charge in [0.05, 0.1) is 0 Å². The predicted octanol–water partition coefficient (Wildman–Crippen LogP) is 13.2. The summed E-state index contributed by atoms with van der Waals surface area (Å²) in [7, 11) is 1.18. The molecule has 0 fully saturated rings. The van der Waals surface area contributed by atoms with E-state index in [1.165, 1.54) is 50.5 Å². The number of aromatic nitrogens is 4. The maximum Gasteiger partial charge on any atom is 0.526 e. The molecule has 0 saturated carbocycles. The van der Waals surface area contributed by atoms with E-state index in [-0.39, 0.29) is 53.5 Å². The van der Waals surface area contributed by atoms with Crippen LogP contribution < -0.4 is 36.0 Å². The first kappa shape index (κ1) is 79.7. The predicted molar refractivity (Wildman–Crippen MR) is 366 cm³/mol. The molecule has 0 bridgehead atoms. The average Bonchev–Trinajstić information content (AvgIpc) is 1.77. The number of nitro groups is 4. The minimum Gasteiger partial charge on any atom is -0.468 e. The third kappa shape index (κ3) is 26.1. The zero-order chi connectivity index (χ0) is 72.9. The summed E-state index contributed by atoms with van der Waals surface area (Å²) in [6.07, 6.45) is -2.17. The summed E-state index contributed by atoms with van der Waals surface area (Å²) >= 11 is 9.06. The van der Waals surface area contributed by atoms with Gasteiger partial charge in [0, 0.05) is 85.9 Å². The van der Waals surface area contributed by atoms with Crippen molar-refractivity contribution >= 4 is 147 Å². The summed E-state index contributed by atoms with van der Waals surface area (Å²) in [5.41, 5.74) is 4.82. The number of carbonyl (C=O) groups is 3. The van der Waals surface area contributed by atoms with Crippen molar-refractivity contribution in [3.8, 4) is 23.0 Å². The SMILES string of the molecule is CC(C)(C)OC(=O)Nc1ccc(Br)nc1[N+](=O)[O-].CCOCOc1ccc2oc(-c3ccc(N(C)C(=O)OC(C)(C)C)c([N+](=O)[O-])n3)cc2c1.CCOCOc1ccc2oc(B(O)O)cc2c1.CN(C(=O)OC(C)(C)C)c1ccc(Br)nc1[N+](=O)[O-].Nc1ccc(Br)nc1[N+](=O)[O-]. The zero-order valence-electron chi connectivity index (χ0n) is 54.4. The monoisotopic (exact) mass is 1540 g/mol. The Morgan fingerprint density at radius 1 is 0.557 bits per heavy atom. The number of nitrogens with zero attached hydrogens (tertiary/aromatic N) is 10. The van der Waals surface area contributed by atoms with Crippen molar-refractivity contribution < 1.29 is 86.1 Å². The molecule has 2 aromatic carbocycles. The number of rotatable bonds is 17. The van der Waals surface area contributed by atoms with Gasteiger partial charge in [0.1, 0.15) is 67.9 Å². The maximum absolute atomic E-state index is 12.3. The second-order valence-corrected chi connectivity index (χ2v) is 24.8. The van der Waals surface area contributed by atoms with Gasteiger partial charge in [0.25, 0.3) is 0 Å². The van der Waals surface area contributed by atoms with Crippen LogP contribution in [0, 0.1) is 40.5 Å². The third-order valence-electron chi connectivity index (χ3n) is 11.3. The van der Waals surface area contributed by atoms with Gasteiger partial charge < -0.3 is 98.2 Å². The molecule has 34 nitrogen and oxygen atoms in total. The van der Waals surface area contributed by atoms with E-state index in [0.29, 0.717) is 55.4 Å². The fourth-order valence-corrected chi connectivity index (χ4v) is 8.09. The van der Waals surface area contributed by atoms with Crippen molar-refractivity contribution in [1.29, 1.82) is 0 Å². The molecule has 0 radical (unpaired) electrons. The lowest BCUT2D eigenvalue weighted by Gasteiger charge is -2.24. The van der Waals surface area contributed by atoms with E-state index in [4.69, 9.17) is 57.8 Å². The maximum atomic E-state index is 12.3. The molecule has 0 spiro atoms. The number of nitrogens with one attached hydrogen (secondary N) is 1. The van der Waals surface area contributed by atoms with Crippen LogP contribution in [-0.2, 0) is 23.7 Å². The normalized spacial score (nSPS) is 10.9. The lowest BCUT2D eigenvalue weighted by atomic mass is 9.88. The van der Waals surface area contributed by atoms with Gasteiger partial charge in [-0.3, -0.25) is 15.1 Å². The lowest BCUT2D eigenvalue weighted by Crippen LogP contribution is -2.34. The molecule has 0 aliphatic rings. The minimum atomic E-state index is -1.60. The number of furan rings is 2. The smallest absolute Gasteiger partial charge is 0.468 e. The molecular formula is C59H68BBr3N12O22. The number of hydrogen-bond donors (Lipinski definition) is 4. The molecule has 38 heteroatoms. The van der Waals surface area contributed by atoms with Crippen molar-refractivity contribution in [3.63, 3.8) is 0 Å². The van der Waals surface area contributed by atoms with Crippen molar-refractivity contribution in [3.05, 3.63) is 151 Å². The van der Waals surface area contributed by atoms with E-state index in [9.17, 15) is 54.8 Å². The molecule has 6 heterocycles. The minimum absolute atomic E-state index is 0.00993. The van der Waals surface area contributed by atoms with E-state index in [2.05, 4.69) is 73.0 Å². The van der Waals surface area contributed by atoms with Crippen LogP contribution in [0.1, 0.15) is 76.2 Å². The summed E-state index contributed by atoms with van der Waals surface area (Å²) in [6.45, 7) is 20.6. The highest BCUT2D eigenvalue weighted by atomic mass is 79.9. The second kappa shape index (κ2) is 35.9. The third-order valence-corrected chi connectivity index (χ3v) is 12.6. The first-order chi connectivity index (χ1) is 45.2. The van der Waals surface area contributed by atoms with Gasteiger partial charge in [0.15, 0.2) is 19.3 Å². The van der Waals surface area contributed by atoms with Gasteiger partial charge in [-0.1, -0.05) is 0 Å². The summed E-state index contributed by atoms with van der Waals surface area (Å²) in [4.78, 5) is 93.9. The number of halogens is 3. The summed E-state index contributed by atoms with van der Waals surface area (Å²) in [5, 5.41) is 65.3. The molecule has 0 aliphatic heterocycles. The number of nitrogens with two attached hydrogens (primary N) is 1. The van der Waals surface area contributed by atoms with Crippen LogP contribution in [0.2, 0.25) is 0 Å². The van der Waals surface area contributed by atoms with Crippen LogP contribution in [0.15, 0.2) is 120 Å². The zero-order valence-corrected chi connectivity index (χ0v) is 59.1. The van der Waals surface area contributed by atoms with Crippen LogP contribution in [-0.4, -0.2) is 133 Å². The molecule has 8 rings (SSSR count). The second-order valence-electron chi connectivity index (χ2n) is 22.3. The fraction of sp³-hybridized carbons (Fsp3) is 0.339. The van der Waals surface area contributed by atoms with Crippen LogP contribution in [0.5, 0.6) is 11.5 Å². The van der Waals surface area contributed by atoms with Crippen molar-refractivity contribution in [1.82, 2.24) is 19.9 Å². The quantitative estimate of drug-likeness (QED) is 0.0125. The Morgan fingerprint density at radius 3 is 1.41 bits per heavy atom. The van der Waals surface area contributed by atoms with E-state index in [0.717, 1.165) is 20.6 Å². The van der Waals surface area contributed by atoms with Crippen molar-refractivity contribution in [2.45, 2.75) is 93.0 Å². The fourth-order valence-electron chi connectivity index (χ4n) is 7.19. The van der Waals surface area contributed by atoms with Crippen LogP contribution in [0.3, 0.4) is 0 Å². The van der Waals surface area contributed by atoms with Gasteiger partial charge in [-0.05, 0) is 213 Å².